The number of carboxylic acids is 1. The van der Waals surface area contributed by atoms with Crippen molar-refractivity contribution in [2.75, 3.05) is 11.9 Å². The van der Waals surface area contributed by atoms with E-state index in [2.05, 4.69) is 5.32 Å². The highest BCUT2D eigenvalue weighted by Crippen LogP contribution is 2.15. The lowest BCUT2D eigenvalue weighted by molar-refractivity contribution is 0.0697. The first kappa shape index (κ1) is 15.1. The van der Waals surface area contributed by atoms with Gasteiger partial charge in [0.25, 0.3) is 0 Å². The summed E-state index contributed by atoms with van der Waals surface area (Å²) in [5.41, 5.74) is 0.624. The Kier molecular flexibility index (Phi) is 4.94. The van der Waals surface area contributed by atoms with Crippen LogP contribution in [-0.2, 0) is 6.54 Å². The van der Waals surface area contributed by atoms with Gasteiger partial charge in [0.05, 0.1) is 12.1 Å². The molecule has 0 aliphatic carbocycles. The van der Waals surface area contributed by atoms with Crippen LogP contribution in [0.15, 0.2) is 41.8 Å². The van der Waals surface area contributed by atoms with Crippen LogP contribution in [0.2, 0.25) is 0 Å². The van der Waals surface area contributed by atoms with Crippen LogP contribution < -0.4 is 5.32 Å². The molecule has 2 rings (SSSR count). The third-order valence-corrected chi connectivity index (χ3v) is 3.82. The minimum atomic E-state index is -1.02. The molecule has 0 aliphatic heterocycles. The number of nitrogens with one attached hydrogen (secondary N) is 1. The van der Waals surface area contributed by atoms with E-state index in [0.717, 1.165) is 4.88 Å². The Labute approximate surface area is 126 Å². The molecule has 0 bridgehead atoms. The number of thiophene rings is 1. The van der Waals surface area contributed by atoms with Crippen LogP contribution in [0.5, 0.6) is 0 Å². The smallest absolute Gasteiger partial charge is 0.335 e. The van der Waals surface area contributed by atoms with Gasteiger partial charge in [0, 0.05) is 17.1 Å². The molecule has 1 heterocycles. The molecule has 0 atom stereocenters. The maximum Gasteiger partial charge on any atom is 0.335 e. The van der Waals surface area contributed by atoms with Crippen LogP contribution in [-0.4, -0.2) is 28.6 Å². The number of carbonyl (C=O) groups excluding carboxylic acids is 1. The number of benzene rings is 1. The summed E-state index contributed by atoms with van der Waals surface area (Å²) in [5, 5.41) is 13.6. The SMILES string of the molecule is CCN(Cc1cccs1)C(=O)Nc1cccc(C(=O)O)c1. The number of rotatable bonds is 5. The minimum absolute atomic E-state index is 0.147. The highest BCUT2D eigenvalue weighted by atomic mass is 32.1. The highest BCUT2D eigenvalue weighted by molar-refractivity contribution is 7.09. The summed E-state index contributed by atoms with van der Waals surface area (Å²) in [6.45, 7) is 3.02. The molecule has 0 unspecified atom stereocenters. The molecule has 0 radical (unpaired) electrons. The number of amides is 2. The Bertz CT molecular complexity index is 626. The summed E-state index contributed by atoms with van der Waals surface area (Å²) in [5.74, 6) is -1.02. The van der Waals surface area contributed by atoms with E-state index in [1.165, 1.54) is 12.1 Å². The lowest BCUT2D eigenvalue weighted by atomic mass is 10.2. The average molecular weight is 304 g/mol. The standard InChI is InChI=1S/C15H16N2O3S/c1-2-17(10-13-7-4-8-21-13)15(20)16-12-6-3-5-11(9-12)14(18)19/h3-9H,2,10H2,1H3,(H,16,20)(H,18,19). The van der Waals surface area contributed by atoms with Crippen LogP contribution in [0.4, 0.5) is 10.5 Å². The van der Waals surface area contributed by atoms with Gasteiger partial charge >= 0.3 is 12.0 Å². The quantitative estimate of drug-likeness (QED) is 0.888. The molecule has 21 heavy (non-hydrogen) atoms. The first-order chi connectivity index (χ1) is 10.1. The van der Waals surface area contributed by atoms with Crippen molar-refractivity contribution in [1.29, 1.82) is 0 Å². The molecule has 0 spiro atoms. The van der Waals surface area contributed by atoms with Gasteiger partial charge in [-0.05, 0) is 36.6 Å². The molecule has 1 aromatic carbocycles. The number of urea groups is 1. The van der Waals surface area contributed by atoms with Crippen molar-refractivity contribution in [1.82, 2.24) is 4.90 Å². The molecule has 6 heteroatoms. The van der Waals surface area contributed by atoms with Gasteiger partial charge in [0.1, 0.15) is 0 Å². The fourth-order valence-corrected chi connectivity index (χ4v) is 2.57. The molecular formula is C15H16N2O3S. The summed E-state index contributed by atoms with van der Waals surface area (Å²) >= 11 is 1.60. The zero-order valence-electron chi connectivity index (χ0n) is 11.6. The molecule has 0 fully saturated rings. The van der Waals surface area contributed by atoms with Gasteiger partial charge in [-0.1, -0.05) is 12.1 Å². The van der Waals surface area contributed by atoms with E-state index in [1.807, 2.05) is 24.4 Å². The number of aromatic carboxylic acids is 1. The second kappa shape index (κ2) is 6.90. The van der Waals surface area contributed by atoms with E-state index >= 15 is 0 Å². The second-order valence-corrected chi connectivity index (χ2v) is 5.44. The zero-order valence-corrected chi connectivity index (χ0v) is 12.4. The Balaban J connectivity index is 2.05. The molecule has 110 valence electrons. The summed E-state index contributed by atoms with van der Waals surface area (Å²) < 4.78 is 0. The van der Waals surface area contributed by atoms with Gasteiger partial charge in [0.2, 0.25) is 0 Å². The molecule has 0 saturated carbocycles. The van der Waals surface area contributed by atoms with E-state index in [9.17, 15) is 9.59 Å². The molecule has 2 amide bonds. The topological polar surface area (TPSA) is 69.6 Å². The molecule has 1 aromatic heterocycles. The molecule has 0 aliphatic rings. The Morgan fingerprint density at radius 2 is 2.10 bits per heavy atom. The van der Waals surface area contributed by atoms with Crippen LogP contribution in [0.1, 0.15) is 22.2 Å². The fraction of sp³-hybridized carbons (Fsp3) is 0.200. The number of carboxylic acid groups (broad SMARTS) is 1. The van der Waals surface area contributed by atoms with Crippen molar-refractivity contribution in [3.8, 4) is 0 Å². The summed E-state index contributed by atoms with van der Waals surface area (Å²) in [6.07, 6.45) is 0. The van der Waals surface area contributed by atoms with Gasteiger partial charge < -0.3 is 15.3 Å². The number of hydrogen-bond donors (Lipinski definition) is 2. The Morgan fingerprint density at radius 3 is 2.71 bits per heavy atom. The van der Waals surface area contributed by atoms with Crippen LogP contribution in [0, 0.1) is 0 Å². The maximum atomic E-state index is 12.2. The number of anilines is 1. The highest BCUT2D eigenvalue weighted by Gasteiger charge is 2.13. The van der Waals surface area contributed by atoms with Crippen LogP contribution >= 0.6 is 11.3 Å². The molecule has 2 N–H and O–H groups in total. The first-order valence-corrected chi connectivity index (χ1v) is 7.39. The Hall–Kier alpha value is -2.34. The lowest BCUT2D eigenvalue weighted by Gasteiger charge is -2.20. The largest absolute Gasteiger partial charge is 0.478 e. The van der Waals surface area contributed by atoms with E-state index in [1.54, 1.807) is 28.4 Å². The van der Waals surface area contributed by atoms with E-state index in [4.69, 9.17) is 5.11 Å². The van der Waals surface area contributed by atoms with Crippen LogP contribution in [0.25, 0.3) is 0 Å². The van der Waals surface area contributed by atoms with E-state index in [-0.39, 0.29) is 11.6 Å². The summed E-state index contributed by atoms with van der Waals surface area (Å²) in [6, 6.07) is 9.89. The number of carbonyl (C=O) groups is 2. The zero-order chi connectivity index (χ0) is 15.2. The summed E-state index contributed by atoms with van der Waals surface area (Å²) in [7, 11) is 0. The van der Waals surface area contributed by atoms with Gasteiger partial charge in [-0.25, -0.2) is 9.59 Å². The van der Waals surface area contributed by atoms with Gasteiger partial charge in [-0.15, -0.1) is 11.3 Å². The number of nitrogens with zero attached hydrogens (tertiary/aromatic N) is 1. The first-order valence-electron chi connectivity index (χ1n) is 6.52. The third kappa shape index (κ3) is 4.06. The van der Waals surface area contributed by atoms with E-state index < -0.39 is 5.97 Å². The number of hydrogen-bond acceptors (Lipinski definition) is 3. The van der Waals surface area contributed by atoms with Crippen molar-refractivity contribution in [3.05, 3.63) is 52.2 Å². The molecule has 0 saturated heterocycles. The fourth-order valence-electron chi connectivity index (χ4n) is 1.85. The van der Waals surface area contributed by atoms with Gasteiger partial charge in [0.15, 0.2) is 0 Å². The van der Waals surface area contributed by atoms with Crippen molar-refractivity contribution < 1.29 is 14.7 Å². The Morgan fingerprint density at radius 1 is 1.29 bits per heavy atom. The molecule has 5 nitrogen and oxygen atoms in total. The predicted octanol–water partition coefficient (Wildman–Crippen LogP) is 3.50. The van der Waals surface area contributed by atoms with Crippen LogP contribution in [0.3, 0.4) is 0 Å². The average Bonchev–Trinajstić information content (AvgIpc) is 2.97. The van der Waals surface area contributed by atoms with Crippen molar-refractivity contribution in [2.45, 2.75) is 13.5 Å². The third-order valence-electron chi connectivity index (χ3n) is 2.96. The lowest BCUT2D eigenvalue weighted by Crippen LogP contribution is -2.34. The van der Waals surface area contributed by atoms with Crippen molar-refractivity contribution in [3.63, 3.8) is 0 Å². The van der Waals surface area contributed by atoms with Crippen molar-refractivity contribution in [2.24, 2.45) is 0 Å². The monoisotopic (exact) mass is 304 g/mol. The maximum absolute atomic E-state index is 12.2. The van der Waals surface area contributed by atoms with Gasteiger partial charge in [-0.2, -0.15) is 0 Å². The minimum Gasteiger partial charge on any atom is -0.478 e. The molecular weight excluding hydrogens is 288 g/mol. The van der Waals surface area contributed by atoms with E-state index in [0.29, 0.717) is 18.8 Å². The van der Waals surface area contributed by atoms with Crippen molar-refractivity contribution >= 4 is 29.0 Å². The predicted molar refractivity (Wildman–Crippen MR) is 82.8 cm³/mol. The molecule has 2 aromatic rings. The second-order valence-electron chi connectivity index (χ2n) is 4.41. The normalized spacial score (nSPS) is 10.1. The van der Waals surface area contributed by atoms with Gasteiger partial charge in [-0.3, -0.25) is 0 Å². The summed E-state index contributed by atoms with van der Waals surface area (Å²) in [4.78, 5) is 25.9.